The lowest BCUT2D eigenvalue weighted by atomic mass is 9.69. The van der Waals surface area contributed by atoms with Gasteiger partial charge in [0, 0.05) is 6.42 Å². The Labute approximate surface area is 224 Å². The second kappa shape index (κ2) is 10.3. The molecule has 1 aliphatic carbocycles. The van der Waals surface area contributed by atoms with Crippen LogP contribution in [0.2, 0.25) is 0 Å². The van der Waals surface area contributed by atoms with Crippen LogP contribution in [0.25, 0.3) is 16.6 Å². The zero-order valence-corrected chi connectivity index (χ0v) is 22.5. The molecule has 2 fully saturated rings. The summed E-state index contributed by atoms with van der Waals surface area (Å²) in [6, 6.07) is 13.3. The summed E-state index contributed by atoms with van der Waals surface area (Å²) in [6.45, 7) is 5.29. The molecule has 1 saturated carbocycles. The number of fused-ring (bicyclic) bond motifs is 7. The molecule has 38 heavy (non-hydrogen) atoms. The van der Waals surface area contributed by atoms with Gasteiger partial charge in [-0.3, -0.25) is 14.2 Å². The molecule has 0 bridgehead atoms. The Morgan fingerprint density at radius 2 is 1.84 bits per heavy atom. The first-order chi connectivity index (χ1) is 18.5. The fourth-order valence-corrected chi connectivity index (χ4v) is 7.43. The molecule has 2 aliphatic heterocycles. The summed E-state index contributed by atoms with van der Waals surface area (Å²) in [5.41, 5.74) is 5.78. The molecule has 0 unspecified atom stereocenters. The van der Waals surface area contributed by atoms with Crippen LogP contribution in [0.1, 0.15) is 99.1 Å². The van der Waals surface area contributed by atoms with Crippen LogP contribution in [0.15, 0.2) is 41.2 Å². The maximum Gasteiger partial charge on any atom is 0.303 e. The van der Waals surface area contributed by atoms with Crippen molar-refractivity contribution in [3.05, 3.63) is 69.3 Å². The van der Waals surface area contributed by atoms with E-state index in [1.165, 1.54) is 36.1 Å². The molecule has 0 atom stereocenters. The molecule has 2 aromatic carbocycles. The van der Waals surface area contributed by atoms with Gasteiger partial charge in [0.1, 0.15) is 5.82 Å². The van der Waals surface area contributed by atoms with E-state index in [2.05, 4.69) is 39.8 Å². The average Bonchev–Trinajstić information content (AvgIpc) is 3.17. The maximum absolute atomic E-state index is 13.3. The first-order valence-corrected chi connectivity index (χ1v) is 14.6. The van der Waals surface area contributed by atoms with Gasteiger partial charge in [-0.1, -0.05) is 49.9 Å². The predicted octanol–water partition coefficient (Wildman–Crippen LogP) is 6.08. The Kier molecular flexibility index (Phi) is 6.85. The Bertz CT molecular complexity index is 1410. The summed E-state index contributed by atoms with van der Waals surface area (Å²) in [5.74, 6) is 0.828. The van der Waals surface area contributed by atoms with Crippen molar-refractivity contribution in [3.63, 3.8) is 0 Å². The first kappa shape index (κ1) is 25.3. The minimum atomic E-state index is -0.691. The van der Waals surface area contributed by atoms with Crippen LogP contribution < -0.4 is 5.56 Å². The minimum Gasteiger partial charge on any atom is -0.481 e. The number of nitrogens with zero attached hydrogens (tertiary/aromatic N) is 3. The number of hydrogen-bond donors (Lipinski definition) is 1. The number of unbranched alkanes of at least 4 members (excludes halogenated alkanes) is 2. The van der Waals surface area contributed by atoms with Gasteiger partial charge < -0.3 is 10.0 Å². The molecule has 1 aromatic heterocycles. The lowest BCUT2D eigenvalue weighted by Crippen LogP contribution is -2.34. The van der Waals surface area contributed by atoms with Crippen molar-refractivity contribution in [3.8, 4) is 5.69 Å². The molecule has 6 nitrogen and oxygen atoms in total. The Balaban J connectivity index is 1.27. The number of carboxylic acid groups (broad SMARTS) is 1. The Hall–Kier alpha value is -2.99. The molecule has 3 heterocycles. The number of aliphatic carboxylic acids is 1. The number of carboxylic acids is 1. The Morgan fingerprint density at radius 1 is 1.05 bits per heavy atom. The number of aryl methyl sites for hydroxylation is 1. The van der Waals surface area contributed by atoms with E-state index in [0.717, 1.165) is 86.9 Å². The van der Waals surface area contributed by atoms with Gasteiger partial charge in [-0.05, 0) is 99.8 Å². The van der Waals surface area contributed by atoms with Gasteiger partial charge in [-0.25, -0.2) is 0 Å². The molecule has 1 N–H and O–H groups in total. The lowest BCUT2D eigenvalue weighted by Gasteiger charge is -2.35. The summed E-state index contributed by atoms with van der Waals surface area (Å²) in [6.07, 6.45) is 11.2. The van der Waals surface area contributed by atoms with E-state index in [9.17, 15) is 9.59 Å². The third kappa shape index (κ3) is 4.37. The summed E-state index contributed by atoms with van der Waals surface area (Å²) in [5, 5.41) is 9.58. The molecule has 3 aromatic rings. The van der Waals surface area contributed by atoms with E-state index < -0.39 is 5.97 Å². The highest BCUT2D eigenvalue weighted by Gasteiger charge is 2.46. The topological polar surface area (TPSA) is 75.4 Å². The third-order valence-corrected chi connectivity index (χ3v) is 9.46. The predicted molar refractivity (Wildman–Crippen MR) is 150 cm³/mol. The van der Waals surface area contributed by atoms with E-state index in [0.29, 0.717) is 5.92 Å². The smallest absolute Gasteiger partial charge is 0.303 e. The van der Waals surface area contributed by atoms with Crippen molar-refractivity contribution in [1.82, 2.24) is 14.5 Å². The van der Waals surface area contributed by atoms with Crippen LogP contribution in [0.3, 0.4) is 0 Å². The van der Waals surface area contributed by atoms with E-state index in [-0.39, 0.29) is 17.4 Å². The van der Waals surface area contributed by atoms with Crippen molar-refractivity contribution in [1.29, 1.82) is 0 Å². The molecule has 6 heteroatoms. The van der Waals surface area contributed by atoms with Crippen molar-refractivity contribution < 1.29 is 9.90 Å². The lowest BCUT2D eigenvalue weighted by molar-refractivity contribution is -0.137. The SMILES string of the molecule is Cc1cccc2c1c(=O)nc1n2-c2ccc(C3CCN(CCCCCC(=O)O)CC3)cc2C12CCCCC2. The normalized spacial score (nSPS) is 19.1. The van der Waals surface area contributed by atoms with E-state index in [1.807, 2.05) is 13.0 Å². The zero-order valence-electron chi connectivity index (χ0n) is 22.5. The van der Waals surface area contributed by atoms with Gasteiger partial charge in [-0.15, -0.1) is 0 Å². The van der Waals surface area contributed by atoms with Gasteiger partial charge >= 0.3 is 5.97 Å². The molecule has 1 spiro atoms. The van der Waals surface area contributed by atoms with E-state index in [1.54, 1.807) is 0 Å². The second-order valence-corrected chi connectivity index (χ2v) is 11.8. The van der Waals surface area contributed by atoms with Gasteiger partial charge in [0.15, 0.2) is 0 Å². The molecule has 0 amide bonds. The van der Waals surface area contributed by atoms with Gasteiger partial charge in [0.2, 0.25) is 0 Å². The third-order valence-electron chi connectivity index (χ3n) is 9.46. The highest BCUT2D eigenvalue weighted by atomic mass is 16.4. The number of likely N-dealkylation sites (tertiary alicyclic amines) is 1. The number of hydrogen-bond acceptors (Lipinski definition) is 4. The molecular formula is C32H39N3O3. The molecular weight excluding hydrogens is 474 g/mol. The van der Waals surface area contributed by atoms with Gasteiger partial charge in [0.25, 0.3) is 5.56 Å². The average molecular weight is 514 g/mol. The highest BCUT2D eigenvalue weighted by Crippen LogP contribution is 2.52. The van der Waals surface area contributed by atoms with Crippen molar-refractivity contribution in [2.45, 2.75) is 88.9 Å². The number of rotatable bonds is 7. The van der Waals surface area contributed by atoms with Crippen molar-refractivity contribution >= 4 is 16.9 Å². The van der Waals surface area contributed by atoms with E-state index in [4.69, 9.17) is 10.1 Å². The van der Waals surface area contributed by atoms with Crippen LogP contribution in [0, 0.1) is 6.92 Å². The first-order valence-electron chi connectivity index (χ1n) is 14.6. The second-order valence-electron chi connectivity index (χ2n) is 11.8. The van der Waals surface area contributed by atoms with Crippen LogP contribution in [-0.2, 0) is 10.2 Å². The summed E-state index contributed by atoms with van der Waals surface area (Å²) in [7, 11) is 0. The summed E-state index contributed by atoms with van der Waals surface area (Å²) in [4.78, 5) is 31.3. The highest BCUT2D eigenvalue weighted by molar-refractivity contribution is 5.85. The molecule has 1 saturated heterocycles. The maximum atomic E-state index is 13.3. The van der Waals surface area contributed by atoms with Crippen molar-refractivity contribution in [2.75, 3.05) is 19.6 Å². The van der Waals surface area contributed by atoms with Crippen LogP contribution in [0.4, 0.5) is 0 Å². The number of aromatic nitrogens is 2. The number of benzene rings is 2. The van der Waals surface area contributed by atoms with Gasteiger partial charge in [-0.2, -0.15) is 4.98 Å². The van der Waals surface area contributed by atoms with Crippen LogP contribution in [0.5, 0.6) is 0 Å². The molecule has 3 aliphatic rings. The largest absolute Gasteiger partial charge is 0.481 e. The minimum absolute atomic E-state index is 0.0855. The monoisotopic (exact) mass is 513 g/mol. The van der Waals surface area contributed by atoms with Crippen LogP contribution in [-0.4, -0.2) is 45.2 Å². The molecule has 6 rings (SSSR count). The van der Waals surface area contributed by atoms with E-state index >= 15 is 0 Å². The molecule has 200 valence electrons. The fraction of sp³-hybridized carbons (Fsp3) is 0.531. The quantitative estimate of drug-likeness (QED) is 0.388. The standard InChI is InChI=1S/C32H39N3O3/c1-22-9-8-10-27-29(22)30(38)33-31-32(16-5-3-6-17-32)25-21-24(12-13-26(25)35(27)31)23-14-19-34(20-15-23)18-7-2-4-11-28(36)37/h8-10,12-13,21,23H,2-7,11,14-20H2,1H3,(H,36,37). The summed E-state index contributed by atoms with van der Waals surface area (Å²) < 4.78 is 2.31. The fourth-order valence-electron chi connectivity index (χ4n) is 7.43. The Morgan fingerprint density at radius 3 is 2.61 bits per heavy atom. The van der Waals surface area contributed by atoms with Gasteiger partial charge in [0.05, 0.1) is 22.0 Å². The zero-order chi connectivity index (χ0) is 26.3. The van der Waals surface area contributed by atoms with Crippen LogP contribution >= 0.6 is 0 Å². The number of carbonyl (C=O) groups is 1. The molecule has 0 radical (unpaired) electrons. The summed E-state index contributed by atoms with van der Waals surface area (Å²) >= 11 is 0. The number of piperidine rings is 1. The van der Waals surface area contributed by atoms with Crippen molar-refractivity contribution in [2.24, 2.45) is 0 Å².